The van der Waals surface area contributed by atoms with Crippen molar-refractivity contribution in [1.29, 1.82) is 0 Å². The maximum Gasteiger partial charge on any atom is 0.261 e. The zero-order valence-electron chi connectivity index (χ0n) is 17.5. The number of nitrogens with two attached hydrogens (primary N) is 1. The molecule has 2 aromatic rings. The van der Waals surface area contributed by atoms with Gasteiger partial charge < -0.3 is 30.5 Å². The molecule has 31 heavy (non-hydrogen) atoms. The molecule has 2 aliphatic rings. The molecule has 1 aromatic carbocycles. The van der Waals surface area contributed by atoms with E-state index in [-0.39, 0.29) is 23.9 Å². The summed E-state index contributed by atoms with van der Waals surface area (Å²) in [4.78, 5) is 23.5. The number of anilines is 2. The third kappa shape index (κ3) is 4.47. The molecule has 4 N–H and O–H groups in total. The molecule has 164 valence electrons. The molecule has 1 aromatic heterocycles. The quantitative estimate of drug-likeness (QED) is 0.593. The first-order chi connectivity index (χ1) is 15.0. The van der Waals surface area contributed by atoms with Gasteiger partial charge >= 0.3 is 0 Å². The molecule has 1 fully saturated rings. The van der Waals surface area contributed by atoms with E-state index in [2.05, 4.69) is 20.2 Å². The van der Waals surface area contributed by atoms with Crippen LogP contribution in [-0.2, 0) is 16.0 Å². The average Bonchev–Trinajstić information content (AvgIpc) is 3.10. The Balaban J connectivity index is 1.67. The lowest BCUT2D eigenvalue weighted by Crippen LogP contribution is -2.37. The van der Waals surface area contributed by atoms with Crippen LogP contribution in [0.25, 0.3) is 5.57 Å². The van der Waals surface area contributed by atoms with E-state index in [1.165, 1.54) is 6.20 Å². The molecule has 9 nitrogen and oxygen atoms in total. The fourth-order valence-corrected chi connectivity index (χ4v) is 3.97. The van der Waals surface area contributed by atoms with Crippen molar-refractivity contribution < 1.29 is 19.4 Å². The number of aliphatic hydroxyl groups excluding tert-OH is 1. The van der Waals surface area contributed by atoms with Crippen molar-refractivity contribution in [2.24, 2.45) is 5.73 Å². The minimum atomic E-state index is -0.470. The maximum absolute atomic E-state index is 13.1. The normalized spacial score (nSPS) is 20.8. The van der Waals surface area contributed by atoms with Crippen LogP contribution in [0.3, 0.4) is 0 Å². The molecular formula is C22H27N5O4. The number of ether oxygens (including phenoxy) is 2. The third-order valence-corrected chi connectivity index (χ3v) is 5.56. The van der Waals surface area contributed by atoms with Crippen LogP contribution in [-0.4, -0.2) is 59.5 Å². The number of fused-ring (bicyclic) bond motifs is 1. The zero-order valence-corrected chi connectivity index (χ0v) is 17.5. The van der Waals surface area contributed by atoms with E-state index < -0.39 is 5.60 Å². The Hall–Kier alpha value is -3.17. The van der Waals surface area contributed by atoms with Gasteiger partial charge in [-0.15, -0.1) is 0 Å². The summed E-state index contributed by atoms with van der Waals surface area (Å²) < 4.78 is 11.7. The molecule has 2 aliphatic heterocycles. The Morgan fingerprint density at radius 1 is 1.32 bits per heavy atom. The fraction of sp³-hybridized carbons (Fsp3) is 0.409. The number of aromatic nitrogens is 2. The number of morpholine rings is 1. The fourth-order valence-electron chi connectivity index (χ4n) is 3.97. The highest BCUT2D eigenvalue weighted by Gasteiger charge is 2.36. The number of carbonyl (C=O) groups is 1. The Morgan fingerprint density at radius 3 is 2.74 bits per heavy atom. The molecular weight excluding hydrogens is 398 g/mol. The predicted octanol–water partition coefficient (Wildman–Crippen LogP) is 1.33. The van der Waals surface area contributed by atoms with Gasteiger partial charge in [-0.3, -0.25) is 4.79 Å². The van der Waals surface area contributed by atoms with Gasteiger partial charge in [-0.05, 0) is 19.1 Å². The van der Waals surface area contributed by atoms with Gasteiger partial charge in [-0.1, -0.05) is 0 Å². The zero-order chi connectivity index (χ0) is 21.8. The van der Waals surface area contributed by atoms with Crippen molar-refractivity contribution in [2.45, 2.75) is 25.4 Å². The van der Waals surface area contributed by atoms with Gasteiger partial charge in [-0.25, -0.2) is 9.97 Å². The van der Waals surface area contributed by atoms with Gasteiger partial charge in [0.1, 0.15) is 11.4 Å². The molecule has 0 saturated carbocycles. The van der Waals surface area contributed by atoms with Crippen LogP contribution < -0.4 is 20.7 Å². The molecule has 3 heterocycles. The summed E-state index contributed by atoms with van der Waals surface area (Å²) in [5.41, 5.74) is 7.95. The third-order valence-electron chi connectivity index (χ3n) is 5.56. The van der Waals surface area contributed by atoms with E-state index in [9.17, 15) is 9.90 Å². The number of amides is 1. The average molecular weight is 425 g/mol. The van der Waals surface area contributed by atoms with Gasteiger partial charge in [0.2, 0.25) is 0 Å². The largest absolute Gasteiger partial charge is 0.487 e. The number of hydrogen-bond acceptors (Lipinski definition) is 8. The summed E-state index contributed by atoms with van der Waals surface area (Å²) >= 11 is 0. The highest BCUT2D eigenvalue weighted by atomic mass is 16.5. The minimum absolute atomic E-state index is 0.0478. The van der Waals surface area contributed by atoms with E-state index in [1.54, 1.807) is 18.5 Å². The highest BCUT2D eigenvalue weighted by molar-refractivity contribution is 6.24. The highest BCUT2D eigenvalue weighted by Crippen LogP contribution is 2.43. The summed E-state index contributed by atoms with van der Waals surface area (Å²) in [5, 5.41) is 12.4. The van der Waals surface area contributed by atoms with E-state index >= 15 is 0 Å². The molecule has 0 aliphatic carbocycles. The Kier molecular flexibility index (Phi) is 6.06. The van der Waals surface area contributed by atoms with Crippen LogP contribution in [0, 0.1) is 0 Å². The van der Waals surface area contributed by atoms with Crippen molar-refractivity contribution in [1.82, 2.24) is 9.97 Å². The number of carbonyl (C=O) groups excluding carboxylic acids is 1. The van der Waals surface area contributed by atoms with Gasteiger partial charge in [0, 0.05) is 62.8 Å². The lowest BCUT2D eigenvalue weighted by molar-refractivity contribution is -0.111. The smallest absolute Gasteiger partial charge is 0.261 e. The van der Waals surface area contributed by atoms with Gasteiger partial charge in [0.15, 0.2) is 5.82 Å². The van der Waals surface area contributed by atoms with Crippen LogP contribution in [0.5, 0.6) is 5.75 Å². The van der Waals surface area contributed by atoms with Crippen LogP contribution in [0.1, 0.15) is 24.7 Å². The molecule has 9 heteroatoms. The summed E-state index contributed by atoms with van der Waals surface area (Å²) in [5.74, 6) is 0.645. The standard InChI is InChI=1S/C22H27N5O4/c1-22(3-8-28)13-15-11-17(18(12-19(15)31-22)27-6-9-30-10-7-27)26-21(29)16(14-23)20-24-4-2-5-25-20/h2,4-5,11-12,14,28H,3,6-10,13,23H2,1H3,(H,26,29)/t22-/m0/s1. The first-order valence-corrected chi connectivity index (χ1v) is 10.3. The molecule has 0 radical (unpaired) electrons. The first kappa shape index (κ1) is 21.1. The summed E-state index contributed by atoms with van der Waals surface area (Å²) in [7, 11) is 0. The molecule has 4 rings (SSSR count). The van der Waals surface area contributed by atoms with Crippen molar-refractivity contribution in [3.8, 4) is 5.75 Å². The second-order valence-electron chi connectivity index (χ2n) is 7.89. The lowest BCUT2D eigenvalue weighted by Gasteiger charge is -2.31. The van der Waals surface area contributed by atoms with E-state index in [1.807, 2.05) is 19.1 Å². The Morgan fingerprint density at radius 2 is 2.06 bits per heavy atom. The van der Waals surface area contributed by atoms with Crippen LogP contribution in [0.15, 0.2) is 36.8 Å². The second kappa shape index (κ2) is 8.91. The van der Waals surface area contributed by atoms with Crippen LogP contribution >= 0.6 is 0 Å². The number of nitrogens with one attached hydrogen (secondary N) is 1. The predicted molar refractivity (Wildman–Crippen MR) is 117 cm³/mol. The van der Waals surface area contributed by atoms with Crippen molar-refractivity contribution in [3.63, 3.8) is 0 Å². The van der Waals surface area contributed by atoms with Gasteiger partial charge in [-0.2, -0.15) is 0 Å². The topological polar surface area (TPSA) is 123 Å². The van der Waals surface area contributed by atoms with Gasteiger partial charge in [0.05, 0.1) is 30.2 Å². The number of benzene rings is 1. The molecule has 1 amide bonds. The number of nitrogens with zero attached hydrogens (tertiary/aromatic N) is 3. The minimum Gasteiger partial charge on any atom is -0.487 e. The number of rotatable bonds is 6. The molecule has 1 saturated heterocycles. The van der Waals surface area contributed by atoms with Gasteiger partial charge in [0.25, 0.3) is 5.91 Å². The SMILES string of the molecule is C[C@]1(CCO)Cc2cc(NC(=O)C(=CN)c3ncccn3)c(N3CCOCC3)cc2O1. The Bertz CT molecular complexity index is 975. The summed E-state index contributed by atoms with van der Waals surface area (Å²) in [6, 6.07) is 5.58. The maximum atomic E-state index is 13.1. The number of hydrogen-bond donors (Lipinski definition) is 3. The van der Waals surface area contributed by atoms with E-state index in [0.29, 0.717) is 44.8 Å². The van der Waals surface area contributed by atoms with Crippen molar-refractivity contribution >= 4 is 22.9 Å². The molecule has 1 atom stereocenters. The Labute approximate surface area is 180 Å². The first-order valence-electron chi connectivity index (χ1n) is 10.3. The van der Waals surface area contributed by atoms with Crippen molar-refractivity contribution in [3.05, 3.63) is 48.2 Å². The monoisotopic (exact) mass is 425 g/mol. The summed E-state index contributed by atoms with van der Waals surface area (Å²) in [6.07, 6.45) is 5.52. The molecule has 0 unspecified atom stereocenters. The number of aliphatic hydroxyl groups is 1. The summed E-state index contributed by atoms with van der Waals surface area (Å²) in [6.45, 7) is 4.66. The van der Waals surface area contributed by atoms with Crippen LogP contribution in [0.4, 0.5) is 11.4 Å². The lowest BCUT2D eigenvalue weighted by atomic mass is 9.95. The molecule has 0 bridgehead atoms. The van der Waals surface area contributed by atoms with Crippen molar-refractivity contribution in [2.75, 3.05) is 43.1 Å². The van der Waals surface area contributed by atoms with E-state index in [4.69, 9.17) is 15.2 Å². The second-order valence-corrected chi connectivity index (χ2v) is 7.89. The van der Waals surface area contributed by atoms with E-state index in [0.717, 1.165) is 17.0 Å². The molecule has 0 spiro atoms. The van der Waals surface area contributed by atoms with Crippen LogP contribution in [0.2, 0.25) is 0 Å².